The molecule has 1 aliphatic rings. The highest BCUT2D eigenvalue weighted by Gasteiger charge is 2.34. The second-order valence-electron chi connectivity index (χ2n) is 2.86. The Kier molecular flexibility index (Phi) is 2.93. The summed E-state index contributed by atoms with van der Waals surface area (Å²) < 4.78 is 9.12. The predicted octanol–water partition coefficient (Wildman–Crippen LogP) is 0.122. The summed E-state index contributed by atoms with van der Waals surface area (Å²) >= 11 is 0. The fraction of sp³-hybridized carbons (Fsp3) is 0.444. The van der Waals surface area contributed by atoms with Crippen LogP contribution in [-0.2, 0) is 14.3 Å². The fourth-order valence-electron chi connectivity index (χ4n) is 1.12. The van der Waals surface area contributed by atoms with E-state index in [-0.39, 0.29) is 0 Å². The van der Waals surface area contributed by atoms with E-state index in [9.17, 15) is 15.0 Å². The molecule has 0 saturated carbocycles. The minimum Gasteiger partial charge on any atom is -0.507 e. The Morgan fingerprint density at radius 1 is 1.57 bits per heavy atom. The van der Waals surface area contributed by atoms with E-state index in [1.165, 1.54) is 32.4 Å². The van der Waals surface area contributed by atoms with Crippen LogP contribution in [0.1, 0.15) is 0 Å². The summed E-state index contributed by atoms with van der Waals surface area (Å²) in [6.07, 6.45) is 3.77. The number of hydrogen-bond donors (Lipinski definition) is 2. The molecule has 0 saturated heterocycles. The van der Waals surface area contributed by atoms with E-state index in [0.717, 1.165) is 0 Å². The molecule has 5 nitrogen and oxygen atoms in total. The first-order chi connectivity index (χ1) is 6.53. The van der Waals surface area contributed by atoms with E-state index in [1.54, 1.807) is 0 Å². The average Bonchev–Trinajstić information content (AvgIpc) is 2.21. The molecular formula is C9H12O5. The van der Waals surface area contributed by atoms with Crippen molar-refractivity contribution in [3.05, 3.63) is 24.0 Å². The Labute approximate surface area is 81.3 Å². The molecule has 1 rings (SSSR count). The van der Waals surface area contributed by atoms with Gasteiger partial charge in [-0.15, -0.1) is 0 Å². The third kappa shape index (κ3) is 1.78. The molecule has 1 aliphatic carbocycles. The molecule has 0 aromatic heterocycles. The number of carbonyl (C=O) groups is 1. The van der Waals surface area contributed by atoms with Crippen molar-refractivity contribution in [3.63, 3.8) is 0 Å². The number of methoxy groups -OCH3 is 2. The summed E-state index contributed by atoms with van der Waals surface area (Å²) in [5.41, 5.74) is 0. The largest absolute Gasteiger partial charge is 0.507 e. The molecular weight excluding hydrogens is 188 g/mol. The van der Waals surface area contributed by atoms with Gasteiger partial charge >= 0.3 is 5.97 Å². The lowest BCUT2D eigenvalue weighted by Gasteiger charge is -2.26. The van der Waals surface area contributed by atoms with Crippen LogP contribution in [0.25, 0.3) is 0 Å². The first-order valence-electron chi connectivity index (χ1n) is 3.99. The Morgan fingerprint density at radius 3 is 2.64 bits per heavy atom. The van der Waals surface area contributed by atoms with Crippen LogP contribution in [0.15, 0.2) is 24.0 Å². The minimum atomic E-state index is -1.83. The van der Waals surface area contributed by atoms with Gasteiger partial charge in [0.15, 0.2) is 5.76 Å². The lowest BCUT2D eigenvalue weighted by molar-refractivity contribution is -0.147. The Balaban J connectivity index is 2.86. The number of ether oxygens (including phenoxy) is 2. The number of esters is 1. The molecule has 0 aliphatic heterocycles. The summed E-state index contributed by atoms with van der Waals surface area (Å²) in [5.74, 6) is -3.44. The van der Waals surface area contributed by atoms with E-state index in [4.69, 9.17) is 0 Å². The molecule has 2 atom stereocenters. The molecule has 0 heterocycles. The molecule has 0 aromatic rings. The maximum absolute atomic E-state index is 11.1. The first kappa shape index (κ1) is 10.7. The maximum Gasteiger partial charge on any atom is 0.316 e. The fourth-order valence-corrected chi connectivity index (χ4v) is 1.12. The van der Waals surface area contributed by atoms with Gasteiger partial charge in [0.2, 0.25) is 5.79 Å². The number of aliphatic hydroxyl groups is 2. The SMILES string of the molecule is COC(=O)C1C=CC(O)(OC)C(O)=C1. The van der Waals surface area contributed by atoms with Crippen molar-refractivity contribution < 1.29 is 24.5 Å². The van der Waals surface area contributed by atoms with E-state index in [1.807, 2.05) is 0 Å². The second-order valence-corrected chi connectivity index (χ2v) is 2.86. The van der Waals surface area contributed by atoms with Gasteiger partial charge in [0.1, 0.15) is 0 Å². The molecule has 0 radical (unpaired) electrons. The zero-order valence-electron chi connectivity index (χ0n) is 7.93. The van der Waals surface area contributed by atoms with Crippen molar-refractivity contribution in [2.24, 2.45) is 5.92 Å². The third-order valence-corrected chi connectivity index (χ3v) is 2.02. The molecule has 0 bridgehead atoms. The standard InChI is InChI=1S/C9H12O5/c1-13-8(11)6-3-4-9(12,14-2)7(10)5-6/h3-6,10,12H,1-2H3. The summed E-state index contributed by atoms with van der Waals surface area (Å²) in [7, 11) is 2.49. The van der Waals surface area contributed by atoms with Crippen LogP contribution < -0.4 is 0 Å². The second kappa shape index (κ2) is 3.81. The van der Waals surface area contributed by atoms with Crippen LogP contribution in [0.5, 0.6) is 0 Å². The Bertz CT molecular complexity index is 294. The third-order valence-electron chi connectivity index (χ3n) is 2.02. The summed E-state index contributed by atoms with van der Waals surface area (Å²) in [4.78, 5) is 11.1. The number of rotatable bonds is 2. The van der Waals surface area contributed by atoms with Crippen molar-refractivity contribution in [3.8, 4) is 0 Å². The van der Waals surface area contributed by atoms with Gasteiger partial charge in [-0.1, -0.05) is 6.08 Å². The number of aliphatic hydroxyl groups excluding tert-OH is 1. The van der Waals surface area contributed by atoms with Crippen LogP contribution in [0, 0.1) is 5.92 Å². The summed E-state index contributed by atoms with van der Waals surface area (Å²) in [5, 5.41) is 18.9. The van der Waals surface area contributed by atoms with Gasteiger partial charge in [-0.25, -0.2) is 0 Å². The highest BCUT2D eigenvalue weighted by molar-refractivity contribution is 5.77. The first-order valence-corrected chi connectivity index (χ1v) is 3.99. The van der Waals surface area contributed by atoms with Gasteiger partial charge < -0.3 is 19.7 Å². The van der Waals surface area contributed by atoms with Gasteiger partial charge in [0.25, 0.3) is 0 Å². The van der Waals surface area contributed by atoms with Crippen molar-refractivity contribution >= 4 is 5.97 Å². The van der Waals surface area contributed by atoms with E-state index in [2.05, 4.69) is 9.47 Å². The summed E-state index contributed by atoms with van der Waals surface area (Å²) in [6, 6.07) is 0. The Hall–Kier alpha value is -1.33. The molecule has 0 amide bonds. The quantitative estimate of drug-likeness (QED) is 0.376. The molecule has 5 heteroatoms. The minimum absolute atomic E-state index is 0.419. The van der Waals surface area contributed by atoms with Gasteiger partial charge in [-0.3, -0.25) is 4.79 Å². The molecule has 0 spiro atoms. The highest BCUT2D eigenvalue weighted by Crippen LogP contribution is 2.25. The number of hydrogen-bond acceptors (Lipinski definition) is 5. The lowest BCUT2D eigenvalue weighted by Crippen LogP contribution is -2.34. The van der Waals surface area contributed by atoms with Gasteiger partial charge in [-0.2, -0.15) is 0 Å². The Morgan fingerprint density at radius 2 is 2.21 bits per heavy atom. The van der Waals surface area contributed by atoms with Gasteiger partial charge in [-0.05, 0) is 12.2 Å². The highest BCUT2D eigenvalue weighted by atomic mass is 16.6. The van der Waals surface area contributed by atoms with Crippen LogP contribution in [0.4, 0.5) is 0 Å². The van der Waals surface area contributed by atoms with Crippen LogP contribution in [0.2, 0.25) is 0 Å². The molecule has 78 valence electrons. The maximum atomic E-state index is 11.1. The van der Waals surface area contributed by atoms with Crippen LogP contribution in [0.3, 0.4) is 0 Å². The molecule has 14 heavy (non-hydrogen) atoms. The number of carbonyl (C=O) groups excluding carboxylic acids is 1. The van der Waals surface area contributed by atoms with Gasteiger partial charge in [0.05, 0.1) is 13.0 Å². The normalized spacial score (nSPS) is 31.1. The van der Waals surface area contributed by atoms with Gasteiger partial charge in [0, 0.05) is 7.11 Å². The van der Waals surface area contributed by atoms with Crippen molar-refractivity contribution in [2.45, 2.75) is 5.79 Å². The van der Waals surface area contributed by atoms with Crippen LogP contribution in [-0.4, -0.2) is 36.2 Å². The van der Waals surface area contributed by atoms with E-state index < -0.39 is 23.4 Å². The predicted molar refractivity (Wildman–Crippen MR) is 47.3 cm³/mol. The van der Waals surface area contributed by atoms with E-state index in [0.29, 0.717) is 0 Å². The zero-order chi connectivity index (χ0) is 10.8. The van der Waals surface area contributed by atoms with Crippen LogP contribution >= 0.6 is 0 Å². The smallest absolute Gasteiger partial charge is 0.316 e. The monoisotopic (exact) mass is 200 g/mol. The van der Waals surface area contributed by atoms with Crippen molar-refractivity contribution in [1.29, 1.82) is 0 Å². The molecule has 2 N–H and O–H groups in total. The van der Waals surface area contributed by atoms with Crippen molar-refractivity contribution in [2.75, 3.05) is 14.2 Å². The summed E-state index contributed by atoms with van der Waals surface area (Å²) in [6.45, 7) is 0. The molecule has 2 unspecified atom stereocenters. The molecule has 0 aromatic carbocycles. The zero-order valence-corrected chi connectivity index (χ0v) is 7.93. The van der Waals surface area contributed by atoms with E-state index >= 15 is 0 Å². The average molecular weight is 200 g/mol. The lowest BCUT2D eigenvalue weighted by atomic mass is 9.98. The van der Waals surface area contributed by atoms with Crippen molar-refractivity contribution in [1.82, 2.24) is 0 Å². The molecule has 0 fully saturated rings. The topological polar surface area (TPSA) is 76.0 Å².